The molecule has 1 heterocycles. The lowest BCUT2D eigenvalue weighted by atomic mass is 9.96. The third kappa shape index (κ3) is 3.12. The minimum atomic E-state index is -0.0201. The van der Waals surface area contributed by atoms with E-state index < -0.39 is 0 Å². The summed E-state index contributed by atoms with van der Waals surface area (Å²) in [5.41, 5.74) is 6.55. The van der Waals surface area contributed by atoms with Gasteiger partial charge in [-0.25, -0.2) is 0 Å². The molecule has 5 heteroatoms. The summed E-state index contributed by atoms with van der Waals surface area (Å²) in [4.78, 5) is 14.5. The van der Waals surface area contributed by atoms with Crippen LogP contribution in [0.2, 0.25) is 5.02 Å². The second-order valence-corrected chi connectivity index (χ2v) is 6.25. The maximum Gasteiger partial charge on any atom is 0.255 e. The second-order valence-electron chi connectivity index (χ2n) is 5.02. The van der Waals surface area contributed by atoms with Crippen molar-refractivity contribution in [2.75, 3.05) is 6.54 Å². The average Bonchev–Trinajstić information content (AvgIpc) is 2.41. The van der Waals surface area contributed by atoms with Crippen LogP contribution in [-0.4, -0.2) is 29.4 Å². The van der Waals surface area contributed by atoms with E-state index >= 15 is 0 Å². The van der Waals surface area contributed by atoms with Crippen molar-refractivity contribution in [1.29, 1.82) is 0 Å². The fourth-order valence-electron chi connectivity index (χ4n) is 2.58. The highest BCUT2D eigenvalue weighted by Gasteiger charge is 2.30. The molecular weight excluding hydrogens is 328 g/mol. The van der Waals surface area contributed by atoms with Gasteiger partial charge in [0, 0.05) is 23.1 Å². The number of likely N-dealkylation sites (tertiary alicyclic amines) is 1. The molecule has 1 aliphatic rings. The molecule has 0 aromatic heterocycles. The summed E-state index contributed by atoms with van der Waals surface area (Å²) in [6, 6.07) is 5.51. The van der Waals surface area contributed by atoms with Crippen molar-refractivity contribution in [3.05, 3.63) is 33.3 Å². The summed E-state index contributed by atoms with van der Waals surface area (Å²) in [7, 11) is 0. The van der Waals surface area contributed by atoms with Crippen LogP contribution in [0.25, 0.3) is 0 Å². The normalized spacial score (nSPS) is 21.3. The fourth-order valence-corrected chi connectivity index (χ4v) is 3.15. The zero-order chi connectivity index (χ0) is 14.0. The van der Waals surface area contributed by atoms with E-state index in [4.69, 9.17) is 17.3 Å². The SMILES string of the molecule is CC(N)C1CCCCN1C(=O)c1cccc(Br)c1Cl. The van der Waals surface area contributed by atoms with Crippen LogP contribution >= 0.6 is 27.5 Å². The first-order valence-corrected chi connectivity index (χ1v) is 7.70. The summed E-state index contributed by atoms with van der Waals surface area (Å²) >= 11 is 9.56. The monoisotopic (exact) mass is 344 g/mol. The van der Waals surface area contributed by atoms with Crippen molar-refractivity contribution in [1.82, 2.24) is 4.90 Å². The highest BCUT2D eigenvalue weighted by Crippen LogP contribution is 2.29. The Bertz CT molecular complexity index is 479. The molecule has 0 aliphatic carbocycles. The standard InChI is InChI=1S/C14H18BrClN2O/c1-9(17)12-7-2-3-8-18(12)14(19)10-5-4-6-11(15)13(10)16/h4-6,9,12H,2-3,7-8,17H2,1H3. The lowest BCUT2D eigenvalue weighted by molar-refractivity contribution is 0.0584. The highest BCUT2D eigenvalue weighted by molar-refractivity contribution is 9.10. The van der Waals surface area contributed by atoms with Crippen LogP contribution in [0, 0.1) is 0 Å². The van der Waals surface area contributed by atoms with Crippen LogP contribution in [0.5, 0.6) is 0 Å². The number of carbonyl (C=O) groups is 1. The minimum absolute atomic E-state index is 0.0184. The van der Waals surface area contributed by atoms with Gasteiger partial charge in [0.25, 0.3) is 5.91 Å². The van der Waals surface area contributed by atoms with Gasteiger partial charge < -0.3 is 10.6 Å². The maximum atomic E-state index is 12.7. The van der Waals surface area contributed by atoms with Gasteiger partial charge in [0.05, 0.1) is 10.6 Å². The molecule has 0 saturated carbocycles. The van der Waals surface area contributed by atoms with E-state index in [9.17, 15) is 4.79 Å². The van der Waals surface area contributed by atoms with E-state index in [0.29, 0.717) is 10.6 Å². The molecule has 1 aliphatic heterocycles. The molecule has 19 heavy (non-hydrogen) atoms. The van der Waals surface area contributed by atoms with E-state index in [0.717, 1.165) is 30.3 Å². The van der Waals surface area contributed by atoms with Gasteiger partial charge in [0.2, 0.25) is 0 Å². The first-order chi connectivity index (χ1) is 9.02. The van der Waals surface area contributed by atoms with E-state index in [1.54, 1.807) is 6.07 Å². The maximum absolute atomic E-state index is 12.7. The first kappa shape index (κ1) is 14.8. The number of rotatable bonds is 2. The number of amides is 1. The number of hydrogen-bond donors (Lipinski definition) is 1. The summed E-state index contributed by atoms with van der Waals surface area (Å²) in [6.07, 6.45) is 3.12. The number of hydrogen-bond acceptors (Lipinski definition) is 2. The van der Waals surface area contributed by atoms with Crippen molar-refractivity contribution >= 4 is 33.4 Å². The zero-order valence-corrected chi connectivity index (χ0v) is 13.2. The smallest absolute Gasteiger partial charge is 0.255 e. The van der Waals surface area contributed by atoms with Gasteiger partial charge in [-0.1, -0.05) is 17.7 Å². The number of nitrogens with zero attached hydrogens (tertiary/aromatic N) is 1. The van der Waals surface area contributed by atoms with E-state index in [-0.39, 0.29) is 18.0 Å². The Balaban J connectivity index is 2.29. The van der Waals surface area contributed by atoms with Crippen LogP contribution in [0.15, 0.2) is 22.7 Å². The van der Waals surface area contributed by atoms with Crippen LogP contribution in [0.1, 0.15) is 36.5 Å². The van der Waals surface area contributed by atoms with Crippen molar-refractivity contribution in [2.45, 2.75) is 38.3 Å². The number of carbonyl (C=O) groups excluding carboxylic acids is 1. The largest absolute Gasteiger partial charge is 0.334 e. The molecule has 0 radical (unpaired) electrons. The van der Waals surface area contributed by atoms with Crippen molar-refractivity contribution in [3.8, 4) is 0 Å². The van der Waals surface area contributed by atoms with Gasteiger partial charge in [-0.2, -0.15) is 0 Å². The average molecular weight is 346 g/mol. The van der Waals surface area contributed by atoms with Crippen LogP contribution in [0.4, 0.5) is 0 Å². The second kappa shape index (κ2) is 6.25. The van der Waals surface area contributed by atoms with Gasteiger partial charge in [-0.15, -0.1) is 0 Å². The summed E-state index contributed by atoms with van der Waals surface area (Å²) in [6.45, 7) is 2.71. The van der Waals surface area contributed by atoms with Crippen LogP contribution in [0.3, 0.4) is 0 Å². The Labute approximate surface area is 127 Å². The summed E-state index contributed by atoms with van der Waals surface area (Å²) < 4.78 is 0.745. The Hall–Kier alpha value is -0.580. The quantitative estimate of drug-likeness (QED) is 0.892. The van der Waals surface area contributed by atoms with E-state index in [1.165, 1.54) is 0 Å². The van der Waals surface area contributed by atoms with Crippen LogP contribution in [-0.2, 0) is 0 Å². The third-order valence-corrected chi connectivity index (χ3v) is 4.90. The lowest BCUT2D eigenvalue weighted by Crippen LogP contribution is -2.51. The molecule has 1 fully saturated rings. The number of nitrogens with two attached hydrogens (primary N) is 1. The van der Waals surface area contributed by atoms with Gasteiger partial charge in [-0.3, -0.25) is 4.79 Å². The molecule has 1 aromatic carbocycles. The Morgan fingerprint density at radius 1 is 1.53 bits per heavy atom. The molecule has 0 bridgehead atoms. The van der Waals surface area contributed by atoms with Crippen LogP contribution < -0.4 is 5.73 Å². The predicted molar refractivity (Wildman–Crippen MR) is 81.5 cm³/mol. The molecular formula is C14H18BrClN2O. The number of benzene rings is 1. The van der Waals surface area contributed by atoms with Crippen molar-refractivity contribution < 1.29 is 4.79 Å². The Morgan fingerprint density at radius 2 is 2.26 bits per heavy atom. The van der Waals surface area contributed by atoms with Gasteiger partial charge in [0.1, 0.15) is 0 Å². The molecule has 104 valence electrons. The van der Waals surface area contributed by atoms with E-state index in [1.807, 2.05) is 24.0 Å². The first-order valence-electron chi connectivity index (χ1n) is 6.53. The topological polar surface area (TPSA) is 46.3 Å². The minimum Gasteiger partial charge on any atom is -0.334 e. The van der Waals surface area contributed by atoms with Gasteiger partial charge >= 0.3 is 0 Å². The molecule has 2 atom stereocenters. The van der Waals surface area contributed by atoms with Crippen molar-refractivity contribution in [3.63, 3.8) is 0 Å². The van der Waals surface area contributed by atoms with E-state index in [2.05, 4.69) is 15.9 Å². The fraction of sp³-hybridized carbons (Fsp3) is 0.500. The number of piperidine rings is 1. The predicted octanol–water partition coefficient (Wildman–Crippen LogP) is 3.44. The Kier molecular flexibility index (Phi) is 4.87. The van der Waals surface area contributed by atoms with Gasteiger partial charge in [-0.05, 0) is 54.2 Å². The van der Waals surface area contributed by atoms with Crippen molar-refractivity contribution in [2.24, 2.45) is 5.73 Å². The molecule has 2 rings (SSSR count). The lowest BCUT2D eigenvalue weighted by Gasteiger charge is -2.38. The Morgan fingerprint density at radius 3 is 2.95 bits per heavy atom. The molecule has 1 amide bonds. The molecule has 2 N–H and O–H groups in total. The molecule has 2 unspecified atom stereocenters. The molecule has 1 aromatic rings. The molecule has 1 saturated heterocycles. The highest BCUT2D eigenvalue weighted by atomic mass is 79.9. The molecule has 3 nitrogen and oxygen atoms in total. The summed E-state index contributed by atoms with van der Waals surface area (Å²) in [5.74, 6) is -0.0201. The number of halogens is 2. The zero-order valence-electron chi connectivity index (χ0n) is 10.9. The summed E-state index contributed by atoms with van der Waals surface area (Å²) in [5, 5.41) is 0.474. The third-order valence-electron chi connectivity index (χ3n) is 3.60. The molecule has 0 spiro atoms. The van der Waals surface area contributed by atoms with Gasteiger partial charge in [0.15, 0.2) is 0 Å².